The van der Waals surface area contributed by atoms with Crippen molar-refractivity contribution in [1.29, 1.82) is 0 Å². The molecule has 0 saturated heterocycles. The number of benzene rings is 1. The van der Waals surface area contributed by atoms with Gasteiger partial charge in [-0.25, -0.2) is 4.68 Å². The Bertz CT molecular complexity index is 456. The molecule has 0 bridgehead atoms. The largest absolute Gasteiger partial charge is 0.378 e. The zero-order valence-electron chi connectivity index (χ0n) is 9.28. The highest BCUT2D eigenvalue weighted by atomic mass is 15.4. The molecule has 0 spiro atoms. The van der Waals surface area contributed by atoms with Crippen LogP contribution in [0.2, 0.25) is 0 Å². The van der Waals surface area contributed by atoms with E-state index >= 15 is 0 Å². The minimum atomic E-state index is 1.04. The molecule has 0 unspecified atom stereocenters. The quantitative estimate of drug-likeness (QED) is 0.723. The van der Waals surface area contributed by atoms with Crippen molar-refractivity contribution in [2.45, 2.75) is 0 Å². The average Bonchev–Trinajstić information content (AvgIpc) is 2.80. The Morgan fingerprint density at radius 1 is 1.12 bits per heavy atom. The normalized spacial score (nSPS) is 10.9. The van der Waals surface area contributed by atoms with E-state index in [0.717, 1.165) is 5.56 Å². The van der Waals surface area contributed by atoms with E-state index in [-0.39, 0.29) is 0 Å². The molecule has 0 N–H and O–H groups in total. The van der Waals surface area contributed by atoms with Crippen molar-refractivity contribution in [2.75, 3.05) is 19.0 Å². The van der Waals surface area contributed by atoms with Crippen LogP contribution in [0.4, 0.5) is 5.69 Å². The lowest BCUT2D eigenvalue weighted by molar-refractivity contribution is 0.878. The summed E-state index contributed by atoms with van der Waals surface area (Å²) in [4.78, 5) is 2.06. The first-order chi connectivity index (χ1) is 7.75. The van der Waals surface area contributed by atoms with Crippen LogP contribution in [-0.2, 0) is 0 Å². The van der Waals surface area contributed by atoms with Gasteiger partial charge >= 0.3 is 0 Å². The molecule has 5 nitrogen and oxygen atoms in total. The third-order valence-electron chi connectivity index (χ3n) is 2.16. The lowest BCUT2D eigenvalue weighted by Crippen LogP contribution is -2.08. The number of aromatic nitrogens is 3. The van der Waals surface area contributed by atoms with E-state index in [1.807, 2.05) is 38.4 Å². The van der Waals surface area contributed by atoms with E-state index in [4.69, 9.17) is 0 Å². The molecule has 0 saturated carbocycles. The number of nitrogens with zero attached hydrogens (tertiary/aromatic N) is 5. The monoisotopic (exact) mass is 215 g/mol. The van der Waals surface area contributed by atoms with Crippen LogP contribution >= 0.6 is 0 Å². The van der Waals surface area contributed by atoms with Crippen LogP contribution in [0.15, 0.2) is 42.0 Å². The Balaban J connectivity index is 2.11. The van der Waals surface area contributed by atoms with Gasteiger partial charge in [0.2, 0.25) is 0 Å². The Labute approximate surface area is 94.0 Å². The second-order valence-electron chi connectivity index (χ2n) is 3.57. The van der Waals surface area contributed by atoms with Crippen molar-refractivity contribution in [3.8, 4) is 0 Å². The van der Waals surface area contributed by atoms with Crippen LogP contribution in [0.25, 0.3) is 0 Å². The molecule has 0 radical (unpaired) electrons. The van der Waals surface area contributed by atoms with Gasteiger partial charge in [-0.15, -0.1) is 10.2 Å². The van der Waals surface area contributed by atoms with Crippen LogP contribution in [0.5, 0.6) is 0 Å². The smallest absolute Gasteiger partial charge is 0.141 e. The van der Waals surface area contributed by atoms with Gasteiger partial charge in [0.1, 0.15) is 12.7 Å². The van der Waals surface area contributed by atoms with Crippen molar-refractivity contribution < 1.29 is 0 Å². The molecule has 1 aromatic carbocycles. The molecule has 82 valence electrons. The molecule has 0 aliphatic heterocycles. The summed E-state index contributed by atoms with van der Waals surface area (Å²) in [5.41, 5.74) is 2.21. The number of rotatable bonds is 3. The first-order valence-electron chi connectivity index (χ1n) is 4.92. The topological polar surface area (TPSA) is 46.3 Å². The summed E-state index contributed by atoms with van der Waals surface area (Å²) >= 11 is 0. The van der Waals surface area contributed by atoms with E-state index in [1.165, 1.54) is 5.69 Å². The maximum Gasteiger partial charge on any atom is 0.141 e. The summed E-state index contributed by atoms with van der Waals surface area (Å²) in [6.45, 7) is 0. The molecule has 16 heavy (non-hydrogen) atoms. The summed E-state index contributed by atoms with van der Waals surface area (Å²) in [5, 5.41) is 11.5. The van der Waals surface area contributed by atoms with Gasteiger partial charge in [-0.2, -0.15) is 5.10 Å². The molecule has 0 atom stereocenters. The molecule has 0 aliphatic rings. The van der Waals surface area contributed by atoms with Gasteiger partial charge in [0.25, 0.3) is 0 Å². The molecule has 5 heteroatoms. The second kappa shape index (κ2) is 4.57. The van der Waals surface area contributed by atoms with Crippen molar-refractivity contribution in [3.05, 3.63) is 42.5 Å². The van der Waals surface area contributed by atoms with Crippen LogP contribution < -0.4 is 4.90 Å². The molecule has 0 amide bonds. The second-order valence-corrected chi connectivity index (χ2v) is 3.57. The minimum absolute atomic E-state index is 1.04. The lowest BCUT2D eigenvalue weighted by Gasteiger charge is -2.11. The van der Waals surface area contributed by atoms with Crippen LogP contribution in [-0.4, -0.2) is 35.2 Å². The predicted molar refractivity (Wildman–Crippen MR) is 63.8 cm³/mol. The van der Waals surface area contributed by atoms with Crippen molar-refractivity contribution >= 4 is 11.9 Å². The van der Waals surface area contributed by atoms with Gasteiger partial charge in [-0.1, -0.05) is 12.1 Å². The van der Waals surface area contributed by atoms with Gasteiger partial charge < -0.3 is 4.90 Å². The summed E-state index contributed by atoms with van der Waals surface area (Å²) in [6.07, 6.45) is 4.86. The van der Waals surface area contributed by atoms with E-state index in [9.17, 15) is 0 Å². The molecular formula is C11H13N5. The van der Waals surface area contributed by atoms with Crippen molar-refractivity contribution in [3.63, 3.8) is 0 Å². The number of anilines is 1. The Kier molecular flexibility index (Phi) is 2.95. The fourth-order valence-corrected chi connectivity index (χ4v) is 1.25. The standard InChI is InChI=1S/C11H13N5/c1-15(2)11-5-3-10(4-6-11)7-14-16-8-12-13-9-16/h3-9H,1-2H3/b14-7-. The molecule has 2 rings (SSSR count). The van der Waals surface area contributed by atoms with Gasteiger partial charge in [0.05, 0.1) is 6.21 Å². The zero-order valence-corrected chi connectivity index (χ0v) is 9.28. The average molecular weight is 215 g/mol. The summed E-state index contributed by atoms with van der Waals surface area (Å²) in [5.74, 6) is 0. The van der Waals surface area contributed by atoms with E-state index in [2.05, 4.69) is 20.2 Å². The zero-order chi connectivity index (χ0) is 11.4. The first-order valence-corrected chi connectivity index (χ1v) is 4.92. The maximum absolute atomic E-state index is 4.16. The van der Waals surface area contributed by atoms with Crippen LogP contribution in [0.3, 0.4) is 0 Å². The Morgan fingerprint density at radius 3 is 2.31 bits per heavy atom. The Hall–Kier alpha value is -2.17. The van der Waals surface area contributed by atoms with Crippen molar-refractivity contribution in [2.24, 2.45) is 5.10 Å². The maximum atomic E-state index is 4.16. The summed E-state index contributed by atoms with van der Waals surface area (Å²) in [7, 11) is 4.03. The highest BCUT2D eigenvalue weighted by Gasteiger charge is 1.93. The molecule has 0 fully saturated rings. The van der Waals surface area contributed by atoms with Gasteiger partial charge in [-0.05, 0) is 17.7 Å². The van der Waals surface area contributed by atoms with Gasteiger partial charge in [-0.3, -0.25) is 0 Å². The van der Waals surface area contributed by atoms with Gasteiger partial charge in [0, 0.05) is 19.8 Å². The van der Waals surface area contributed by atoms with E-state index in [0.29, 0.717) is 0 Å². The number of hydrogen-bond acceptors (Lipinski definition) is 4. The SMILES string of the molecule is CN(C)c1ccc(/C=N\n2cnnc2)cc1. The molecule has 2 aromatic rings. The summed E-state index contributed by atoms with van der Waals surface area (Å²) in [6, 6.07) is 8.13. The lowest BCUT2D eigenvalue weighted by atomic mass is 10.2. The highest BCUT2D eigenvalue weighted by Crippen LogP contribution is 2.10. The first kappa shape index (κ1) is 10.4. The Morgan fingerprint density at radius 2 is 1.75 bits per heavy atom. The predicted octanol–water partition coefficient (Wildman–Crippen LogP) is 1.23. The van der Waals surface area contributed by atoms with Crippen molar-refractivity contribution in [1.82, 2.24) is 14.9 Å². The minimum Gasteiger partial charge on any atom is -0.378 e. The fraction of sp³-hybridized carbons (Fsp3) is 0.182. The molecule has 1 heterocycles. The fourth-order valence-electron chi connectivity index (χ4n) is 1.25. The third-order valence-corrected chi connectivity index (χ3v) is 2.16. The number of hydrogen-bond donors (Lipinski definition) is 0. The third kappa shape index (κ3) is 2.44. The molecule has 0 aliphatic carbocycles. The molecule has 1 aromatic heterocycles. The van der Waals surface area contributed by atoms with Crippen LogP contribution in [0, 0.1) is 0 Å². The van der Waals surface area contributed by atoms with Crippen LogP contribution in [0.1, 0.15) is 5.56 Å². The molecular weight excluding hydrogens is 202 g/mol. The van der Waals surface area contributed by atoms with E-state index < -0.39 is 0 Å². The highest BCUT2D eigenvalue weighted by molar-refractivity contribution is 5.80. The van der Waals surface area contributed by atoms with E-state index in [1.54, 1.807) is 23.5 Å². The summed E-state index contributed by atoms with van der Waals surface area (Å²) < 4.78 is 1.56. The van der Waals surface area contributed by atoms with Gasteiger partial charge in [0.15, 0.2) is 0 Å².